The van der Waals surface area contributed by atoms with Gasteiger partial charge in [-0.2, -0.15) is 0 Å². The van der Waals surface area contributed by atoms with E-state index in [0.717, 1.165) is 31.6 Å². The van der Waals surface area contributed by atoms with Crippen molar-refractivity contribution >= 4 is 0 Å². The Hall–Kier alpha value is -1.02. The van der Waals surface area contributed by atoms with E-state index in [1.807, 2.05) is 0 Å². The van der Waals surface area contributed by atoms with Crippen molar-refractivity contribution in [1.29, 1.82) is 0 Å². The molecule has 2 unspecified atom stereocenters. The SMILES string of the molecule is CCCCC(CC)C(N)c1ccc2c(c1)CCCO2. The molecule has 2 nitrogen and oxygen atoms in total. The molecule has 2 atom stereocenters. The predicted molar refractivity (Wildman–Crippen MR) is 80.5 cm³/mol. The molecule has 0 amide bonds. The molecule has 2 N–H and O–H groups in total. The fourth-order valence-corrected chi connectivity index (χ4v) is 2.96. The van der Waals surface area contributed by atoms with Crippen molar-refractivity contribution in [2.24, 2.45) is 11.7 Å². The van der Waals surface area contributed by atoms with E-state index in [0.29, 0.717) is 5.92 Å². The molecule has 19 heavy (non-hydrogen) atoms. The Morgan fingerprint density at radius 1 is 1.32 bits per heavy atom. The van der Waals surface area contributed by atoms with Gasteiger partial charge in [-0.05, 0) is 42.4 Å². The number of ether oxygens (including phenoxy) is 1. The third-order valence-electron chi connectivity index (χ3n) is 4.28. The molecule has 0 aromatic heterocycles. The first-order valence-electron chi connectivity index (χ1n) is 7.77. The van der Waals surface area contributed by atoms with E-state index in [9.17, 15) is 0 Å². The highest BCUT2D eigenvalue weighted by Crippen LogP contribution is 2.32. The monoisotopic (exact) mass is 261 g/mol. The number of hydrogen-bond acceptors (Lipinski definition) is 2. The molecule has 106 valence electrons. The molecular weight excluding hydrogens is 234 g/mol. The summed E-state index contributed by atoms with van der Waals surface area (Å²) < 4.78 is 5.67. The number of aryl methyl sites for hydroxylation is 1. The largest absolute Gasteiger partial charge is 0.493 e. The van der Waals surface area contributed by atoms with Crippen LogP contribution in [0.25, 0.3) is 0 Å². The second-order valence-electron chi connectivity index (χ2n) is 5.66. The van der Waals surface area contributed by atoms with Crippen LogP contribution in [0, 0.1) is 5.92 Å². The lowest BCUT2D eigenvalue weighted by Crippen LogP contribution is -2.21. The molecule has 0 radical (unpaired) electrons. The number of benzene rings is 1. The zero-order chi connectivity index (χ0) is 13.7. The second-order valence-corrected chi connectivity index (χ2v) is 5.66. The number of fused-ring (bicyclic) bond motifs is 1. The first-order valence-corrected chi connectivity index (χ1v) is 7.77. The lowest BCUT2D eigenvalue weighted by molar-refractivity contribution is 0.287. The summed E-state index contributed by atoms with van der Waals surface area (Å²) in [5.41, 5.74) is 9.10. The lowest BCUT2D eigenvalue weighted by atomic mass is 9.86. The Balaban J connectivity index is 2.11. The zero-order valence-electron chi connectivity index (χ0n) is 12.3. The predicted octanol–water partition coefficient (Wildman–Crippen LogP) is 4.23. The first kappa shape index (κ1) is 14.4. The van der Waals surface area contributed by atoms with Gasteiger partial charge < -0.3 is 10.5 Å². The van der Waals surface area contributed by atoms with Crippen LogP contribution < -0.4 is 10.5 Å². The maximum Gasteiger partial charge on any atom is 0.122 e. The molecule has 0 saturated heterocycles. The molecule has 0 saturated carbocycles. The summed E-state index contributed by atoms with van der Waals surface area (Å²) in [5, 5.41) is 0. The van der Waals surface area contributed by atoms with Crippen molar-refractivity contribution in [2.45, 2.75) is 58.4 Å². The van der Waals surface area contributed by atoms with E-state index in [2.05, 4.69) is 32.0 Å². The number of unbranched alkanes of at least 4 members (excludes halogenated alkanes) is 1. The van der Waals surface area contributed by atoms with E-state index in [4.69, 9.17) is 10.5 Å². The van der Waals surface area contributed by atoms with E-state index >= 15 is 0 Å². The van der Waals surface area contributed by atoms with E-state index in [-0.39, 0.29) is 6.04 Å². The third-order valence-corrected chi connectivity index (χ3v) is 4.28. The highest BCUT2D eigenvalue weighted by Gasteiger charge is 2.19. The van der Waals surface area contributed by atoms with Crippen molar-refractivity contribution in [3.63, 3.8) is 0 Å². The van der Waals surface area contributed by atoms with Crippen LogP contribution in [0.3, 0.4) is 0 Å². The fourth-order valence-electron chi connectivity index (χ4n) is 2.96. The fraction of sp³-hybridized carbons (Fsp3) is 0.647. The lowest BCUT2D eigenvalue weighted by Gasteiger charge is -2.25. The average molecular weight is 261 g/mol. The van der Waals surface area contributed by atoms with Gasteiger partial charge in [0.2, 0.25) is 0 Å². The minimum Gasteiger partial charge on any atom is -0.493 e. The van der Waals surface area contributed by atoms with Crippen LogP contribution in [0.1, 0.15) is 63.1 Å². The van der Waals surface area contributed by atoms with Crippen molar-refractivity contribution in [3.8, 4) is 5.75 Å². The quantitative estimate of drug-likeness (QED) is 0.831. The molecular formula is C17H27NO. The van der Waals surface area contributed by atoms with E-state index in [1.54, 1.807) is 0 Å². The Bertz CT molecular complexity index is 402. The van der Waals surface area contributed by atoms with Gasteiger partial charge in [0.15, 0.2) is 0 Å². The Labute approximate surface area is 117 Å². The average Bonchev–Trinajstić information content (AvgIpc) is 2.47. The molecule has 0 spiro atoms. The molecule has 1 aromatic rings. The Morgan fingerprint density at radius 3 is 2.89 bits per heavy atom. The molecule has 1 heterocycles. The third kappa shape index (κ3) is 3.50. The summed E-state index contributed by atoms with van der Waals surface area (Å²) in [6, 6.07) is 6.71. The van der Waals surface area contributed by atoms with E-state index in [1.165, 1.54) is 30.4 Å². The van der Waals surface area contributed by atoms with Gasteiger partial charge in [-0.3, -0.25) is 0 Å². The zero-order valence-corrected chi connectivity index (χ0v) is 12.3. The summed E-state index contributed by atoms with van der Waals surface area (Å²) in [5.74, 6) is 1.66. The van der Waals surface area contributed by atoms with Crippen LogP contribution in [0.5, 0.6) is 5.75 Å². The molecule has 1 aliphatic rings. The maximum atomic E-state index is 6.48. The van der Waals surface area contributed by atoms with Crippen LogP contribution >= 0.6 is 0 Å². The van der Waals surface area contributed by atoms with Gasteiger partial charge in [-0.1, -0.05) is 45.2 Å². The van der Waals surface area contributed by atoms with Crippen LogP contribution in [0.2, 0.25) is 0 Å². The first-order chi connectivity index (χ1) is 9.26. The normalized spacial score (nSPS) is 17.4. The van der Waals surface area contributed by atoms with Gasteiger partial charge in [0, 0.05) is 6.04 Å². The summed E-state index contributed by atoms with van der Waals surface area (Å²) >= 11 is 0. The molecule has 2 rings (SSSR count). The molecule has 0 aliphatic carbocycles. The van der Waals surface area contributed by atoms with Gasteiger partial charge in [0.05, 0.1) is 6.61 Å². The molecule has 2 heteroatoms. The molecule has 0 fully saturated rings. The van der Waals surface area contributed by atoms with Gasteiger partial charge in [0.25, 0.3) is 0 Å². The van der Waals surface area contributed by atoms with Crippen LogP contribution in [0.15, 0.2) is 18.2 Å². The van der Waals surface area contributed by atoms with Crippen LogP contribution in [0.4, 0.5) is 0 Å². The van der Waals surface area contributed by atoms with Crippen LogP contribution in [-0.2, 0) is 6.42 Å². The van der Waals surface area contributed by atoms with E-state index < -0.39 is 0 Å². The van der Waals surface area contributed by atoms with Gasteiger partial charge in [0.1, 0.15) is 5.75 Å². The van der Waals surface area contributed by atoms with Gasteiger partial charge in [-0.25, -0.2) is 0 Å². The Kier molecular flexibility index (Phi) is 5.26. The van der Waals surface area contributed by atoms with Crippen molar-refractivity contribution in [3.05, 3.63) is 29.3 Å². The minimum atomic E-state index is 0.170. The van der Waals surface area contributed by atoms with Gasteiger partial charge >= 0.3 is 0 Å². The molecule has 0 bridgehead atoms. The summed E-state index contributed by atoms with van der Waals surface area (Å²) in [6.07, 6.45) is 7.18. The highest BCUT2D eigenvalue weighted by atomic mass is 16.5. The summed E-state index contributed by atoms with van der Waals surface area (Å²) in [7, 11) is 0. The highest BCUT2D eigenvalue weighted by molar-refractivity contribution is 5.39. The summed E-state index contributed by atoms with van der Waals surface area (Å²) in [4.78, 5) is 0. The minimum absolute atomic E-state index is 0.170. The Morgan fingerprint density at radius 2 is 2.16 bits per heavy atom. The smallest absolute Gasteiger partial charge is 0.122 e. The number of nitrogens with two attached hydrogens (primary N) is 1. The standard InChI is InChI=1S/C17H27NO/c1-3-5-7-13(4-2)17(18)15-9-10-16-14(12-15)8-6-11-19-16/h9-10,12-13,17H,3-8,11,18H2,1-2H3. The maximum absolute atomic E-state index is 6.48. The number of rotatable bonds is 6. The second kappa shape index (κ2) is 6.95. The van der Waals surface area contributed by atoms with Gasteiger partial charge in [-0.15, -0.1) is 0 Å². The molecule has 1 aliphatic heterocycles. The topological polar surface area (TPSA) is 35.2 Å². The van der Waals surface area contributed by atoms with Crippen LogP contribution in [-0.4, -0.2) is 6.61 Å². The van der Waals surface area contributed by atoms with Crippen molar-refractivity contribution in [1.82, 2.24) is 0 Å². The summed E-state index contributed by atoms with van der Waals surface area (Å²) in [6.45, 7) is 5.35. The number of hydrogen-bond donors (Lipinski definition) is 1. The van der Waals surface area contributed by atoms with Crippen molar-refractivity contribution in [2.75, 3.05) is 6.61 Å². The molecule has 1 aromatic carbocycles. The van der Waals surface area contributed by atoms with Crippen molar-refractivity contribution < 1.29 is 4.74 Å².